The largest absolute Gasteiger partial charge is 0.493 e. The Labute approximate surface area is 279 Å². The highest BCUT2D eigenvalue weighted by molar-refractivity contribution is 7.22. The molecule has 1 saturated heterocycles. The number of hydrogen-bond acceptors (Lipinski definition) is 8. The molecule has 4 heterocycles. The van der Waals surface area contributed by atoms with Crippen molar-refractivity contribution < 1.29 is 19.0 Å². The summed E-state index contributed by atoms with van der Waals surface area (Å²) in [6.45, 7) is 5.72. The number of rotatable bonds is 12. The number of nitrogens with one attached hydrogen (secondary N) is 1. The third kappa shape index (κ3) is 7.32. The Morgan fingerprint density at radius 3 is 2.68 bits per heavy atom. The van der Waals surface area contributed by atoms with Crippen LogP contribution in [0.25, 0.3) is 21.3 Å². The van der Waals surface area contributed by atoms with E-state index in [0.717, 1.165) is 102 Å². The summed E-state index contributed by atoms with van der Waals surface area (Å²) >= 11 is 1.49. The summed E-state index contributed by atoms with van der Waals surface area (Å²) < 4.78 is 18.3. The van der Waals surface area contributed by atoms with Gasteiger partial charge in [-0.25, -0.2) is 9.97 Å². The molecular weight excluding hydrogens is 609 g/mol. The maximum absolute atomic E-state index is 13.4. The fourth-order valence-corrected chi connectivity index (χ4v) is 7.28. The zero-order chi connectivity index (χ0) is 32.0. The van der Waals surface area contributed by atoms with Gasteiger partial charge in [-0.1, -0.05) is 60.6 Å². The molecule has 0 spiro atoms. The Hall–Kier alpha value is -4.31. The van der Waals surface area contributed by atoms with Gasteiger partial charge in [-0.15, -0.1) is 0 Å². The van der Waals surface area contributed by atoms with Gasteiger partial charge in [-0.05, 0) is 91.3 Å². The van der Waals surface area contributed by atoms with Crippen LogP contribution in [0, 0.1) is 6.92 Å². The number of fused-ring (bicyclic) bond motifs is 2. The number of aromatic nitrogens is 2. The first-order valence-corrected chi connectivity index (χ1v) is 17.4. The molecule has 5 aromatic rings. The number of pyridine rings is 1. The highest BCUT2D eigenvalue weighted by Gasteiger charge is 2.24. The Morgan fingerprint density at radius 2 is 1.83 bits per heavy atom. The lowest BCUT2D eigenvalue weighted by Crippen LogP contribution is -2.32. The number of thiazole rings is 1. The maximum Gasteiger partial charge on any atom is 0.257 e. The van der Waals surface area contributed by atoms with Crippen molar-refractivity contribution in [2.45, 2.75) is 58.3 Å². The quantitative estimate of drug-likeness (QED) is 0.137. The summed E-state index contributed by atoms with van der Waals surface area (Å²) in [5, 5.41) is 3.65. The minimum atomic E-state index is -0.131. The van der Waals surface area contributed by atoms with Crippen LogP contribution in [0.15, 0.2) is 79.0 Å². The molecule has 2 aliphatic rings. The summed E-state index contributed by atoms with van der Waals surface area (Å²) in [6.07, 6.45) is 8.20. The monoisotopic (exact) mass is 648 g/mol. The summed E-state index contributed by atoms with van der Waals surface area (Å²) in [6, 6.07) is 24.4. The predicted molar refractivity (Wildman–Crippen MR) is 187 cm³/mol. The van der Waals surface area contributed by atoms with Crippen molar-refractivity contribution in [1.29, 1.82) is 0 Å². The first kappa shape index (κ1) is 31.3. The van der Waals surface area contributed by atoms with Gasteiger partial charge >= 0.3 is 0 Å². The number of carbonyl (C=O) groups excluding carboxylic acids is 1. The molecule has 1 fully saturated rings. The molecule has 0 unspecified atom stereocenters. The van der Waals surface area contributed by atoms with E-state index < -0.39 is 0 Å². The normalized spacial score (nSPS) is 14.8. The number of unbranched alkanes of at least 4 members (excludes halogenated alkanes) is 3. The fraction of sp³-hybridized carbons (Fsp3) is 0.342. The van der Waals surface area contributed by atoms with E-state index in [1.807, 2.05) is 48.7 Å². The molecule has 47 heavy (non-hydrogen) atoms. The molecule has 1 amide bonds. The van der Waals surface area contributed by atoms with E-state index in [4.69, 9.17) is 19.2 Å². The lowest BCUT2D eigenvalue weighted by atomic mass is 9.94. The Bertz CT molecular complexity index is 1800. The molecule has 0 saturated carbocycles. The second-order valence-corrected chi connectivity index (χ2v) is 13.1. The molecule has 242 valence electrons. The standard InChI is InChI=1S/C38H40N4O4S/c1-26-29(11-9-14-33(26)44-21-7-3-2-4-16-36-45-22-23-46-36)28-17-18-35(39-24-28)42-20-19-27-10-8-12-30(31(27)25-42)37(43)41-38-40-32-13-5-6-15-34(32)47-38/h5-6,8-15,17-18,24,36H,2-4,7,16,19-23,25H2,1H3,(H,40,41,43). The van der Waals surface area contributed by atoms with Crippen LogP contribution in [0.4, 0.5) is 10.9 Å². The average molecular weight is 649 g/mol. The number of amides is 1. The molecule has 8 nitrogen and oxygen atoms in total. The number of benzene rings is 3. The fourth-order valence-electron chi connectivity index (χ4n) is 6.42. The number of anilines is 2. The number of para-hydroxylation sites is 1. The van der Waals surface area contributed by atoms with E-state index in [2.05, 4.69) is 52.5 Å². The average Bonchev–Trinajstić information content (AvgIpc) is 3.78. The van der Waals surface area contributed by atoms with Gasteiger partial charge in [0.1, 0.15) is 11.6 Å². The van der Waals surface area contributed by atoms with Crippen molar-refractivity contribution in [2.24, 2.45) is 0 Å². The molecule has 0 aliphatic carbocycles. The summed E-state index contributed by atoms with van der Waals surface area (Å²) in [5.74, 6) is 1.69. The second kappa shape index (κ2) is 14.6. The Kier molecular flexibility index (Phi) is 9.74. The first-order valence-electron chi connectivity index (χ1n) is 16.6. The molecule has 0 radical (unpaired) electrons. The Balaban J connectivity index is 0.965. The molecule has 2 aliphatic heterocycles. The highest BCUT2D eigenvalue weighted by atomic mass is 32.1. The maximum atomic E-state index is 13.4. The summed E-state index contributed by atoms with van der Waals surface area (Å²) in [7, 11) is 0. The first-order chi connectivity index (χ1) is 23.1. The van der Waals surface area contributed by atoms with Gasteiger partial charge in [-0.2, -0.15) is 0 Å². The molecule has 2 aromatic heterocycles. The van der Waals surface area contributed by atoms with Gasteiger partial charge in [0.05, 0.1) is 30.0 Å². The number of nitrogens with zero attached hydrogens (tertiary/aromatic N) is 3. The van der Waals surface area contributed by atoms with Gasteiger partial charge in [0.2, 0.25) is 0 Å². The van der Waals surface area contributed by atoms with E-state index >= 15 is 0 Å². The minimum absolute atomic E-state index is 0.000669. The van der Waals surface area contributed by atoms with Crippen LogP contribution in [-0.2, 0) is 22.4 Å². The van der Waals surface area contributed by atoms with E-state index in [0.29, 0.717) is 23.8 Å². The topological polar surface area (TPSA) is 85.8 Å². The van der Waals surface area contributed by atoms with Crippen LogP contribution < -0.4 is 15.0 Å². The number of carbonyl (C=O) groups is 1. The third-order valence-electron chi connectivity index (χ3n) is 8.98. The van der Waals surface area contributed by atoms with Crippen molar-refractivity contribution >= 4 is 38.4 Å². The molecule has 3 aromatic carbocycles. The van der Waals surface area contributed by atoms with Crippen molar-refractivity contribution in [3.05, 3.63) is 101 Å². The van der Waals surface area contributed by atoms with E-state index in [-0.39, 0.29) is 12.2 Å². The lowest BCUT2D eigenvalue weighted by molar-refractivity contribution is -0.0480. The van der Waals surface area contributed by atoms with Crippen molar-refractivity contribution in [3.8, 4) is 16.9 Å². The zero-order valence-corrected chi connectivity index (χ0v) is 27.6. The minimum Gasteiger partial charge on any atom is -0.493 e. The van der Waals surface area contributed by atoms with Crippen molar-refractivity contribution in [3.63, 3.8) is 0 Å². The molecular formula is C38H40N4O4S. The lowest BCUT2D eigenvalue weighted by Gasteiger charge is -2.31. The predicted octanol–water partition coefficient (Wildman–Crippen LogP) is 8.18. The van der Waals surface area contributed by atoms with Crippen molar-refractivity contribution in [2.75, 3.05) is 36.6 Å². The molecule has 9 heteroatoms. The van der Waals surface area contributed by atoms with Gasteiger partial charge in [-0.3, -0.25) is 10.1 Å². The van der Waals surface area contributed by atoms with Gasteiger partial charge in [0.15, 0.2) is 11.4 Å². The van der Waals surface area contributed by atoms with E-state index in [1.165, 1.54) is 16.9 Å². The van der Waals surface area contributed by atoms with Gasteiger partial charge in [0.25, 0.3) is 5.91 Å². The number of hydrogen-bond donors (Lipinski definition) is 1. The van der Waals surface area contributed by atoms with Gasteiger partial charge in [0, 0.05) is 30.4 Å². The number of ether oxygens (including phenoxy) is 3. The SMILES string of the molecule is Cc1c(OCCCCCCC2OCCO2)cccc1-c1ccc(N2CCc3cccc(C(=O)Nc4nc5ccccc5s4)c3C2)nc1. The van der Waals surface area contributed by atoms with Crippen LogP contribution in [-0.4, -0.2) is 48.5 Å². The van der Waals surface area contributed by atoms with Crippen LogP contribution in [0.3, 0.4) is 0 Å². The smallest absolute Gasteiger partial charge is 0.257 e. The molecule has 7 rings (SSSR count). The molecule has 1 N–H and O–H groups in total. The molecule has 0 bridgehead atoms. The van der Waals surface area contributed by atoms with Crippen LogP contribution in [0.2, 0.25) is 0 Å². The van der Waals surface area contributed by atoms with Crippen LogP contribution in [0.1, 0.15) is 59.2 Å². The zero-order valence-electron chi connectivity index (χ0n) is 26.7. The highest BCUT2D eigenvalue weighted by Crippen LogP contribution is 2.33. The summed E-state index contributed by atoms with van der Waals surface area (Å²) in [5.41, 5.74) is 7.12. The van der Waals surface area contributed by atoms with Crippen LogP contribution >= 0.6 is 11.3 Å². The van der Waals surface area contributed by atoms with Gasteiger partial charge < -0.3 is 19.1 Å². The summed E-state index contributed by atoms with van der Waals surface area (Å²) in [4.78, 5) is 25.2. The molecule has 0 atom stereocenters. The Morgan fingerprint density at radius 1 is 0.979 bits per heavy atom. The third-order valence-corrected chi connectivity index (χ3v) is 9.93. The van der Waals surface area contributed by atoms with E-state index in [9.17, 15) is 4.79 Å². The van der Waals surface area contributed by atoms with Crippen molar-refractivity contribution in [1.82, 2.24) is 9.97 Å². The van der Waals surface area contributed by atoms with E-state index in [1.54, 1.807) is 0 Å². The van der Waals surface area contributed by atoms with Crippen LogP contribution in [0.5, 0.6) is 5.75 Å². The second-order valence-electron chi connectivity index (χ2n) is 12.1.